The molecule has 3 aromatic carbocycles. The summed E-state index contributed by atoms with van der Waals surface area (Å²) in [5.74, 6) is 1.36. The lowest BCUT2D eigenvalue weighted by molar-refractivity contribution is 0.0942. The molecule has 182 valence electrons. The van der Waals surface area contributed by atoms with E-state index in [1.165, 1.54) is 10.8 Å². The first-order valence-corrected chi connectivity index (χ1v) is 12.2. The zero-order valence-electron chi connectivity index (χ0n) is 19.6. The molecule has 0 fully saturated rings. The summed E-state index contributed by atoms with van der Waals surface area (Å²) in [6.45, 7) is 0. The molecule has 0 aliphatic rings. The van der Waals surface area contributed by atoms with E-state index in [-0.39, 0.29) is 17.4 Å². The normalized spacial score (nSPS) is 11.0. The van der Waals surface area contributed by atoms with E-state index in [9.17, 15) is 9.59 Å². The standard InChI is InChI=1S/C27H22ClN3O4S/c1-34-22-12-3-18(4-13-22)5-16-25(33)31-27(36-17-24(32)19-6-10-21(28)11-7-19)29-26(30-31)20-8-14-23(35-2)15-9-20/h3-16H,17H2,1-2H3. The molecule has 0 saturated heterocycles. The van der Waals surface area contributed by atoms with Crippen molar-refractivity contribution in [2.75, 3.05) is 20.0 Å². The fourth-order valence-electron chi connectivity index (χ4n) is 3.20. The van der Waals surface area contributed by atoms with Crippen molar-refractivity contribution in [1.29, 1.82) is 0 Å². The number of carbonyl (C=O) groups excluding carboxylic acids is 2. The Kier molecular flexibility index (Phi) is 8.20. The Hall–Kier alpha value is -3.88. The molecule has 4 aromatic rings. The molecule has 0 N–H and O–H groups in total. The van der Waals surface area contributed by atoms with Crippen molar-refractivity contribution in [1.82, 2.24) is 14.8 Å². The van der Waals surface area contributed by atoms with Crippen LogP contribution in [0.3, 0.4) is 0 Å². The van der Waals surface area contributed by atoms with Gasteiger partial charge in [0, 0.05) is 22.2 Å². The van der Waals surface area contributed by atoms with Crippen LogP contribution in [0, 0.1) is 0 Å². The predicted octanol–water partition coefficient (Wildman–Crippen LogP) is 5.94. The predicted molar refractivity (Wildman–Crippen MR) is 141 cm³/mol. The molecule has 0 amide bonds. The zero-order valence-corrected chi connectivity index (χ0v) is 21.1. The van der Waals surface area contributed by atoms with Gasteiger partial charge >= 0.3 is 0 Å². The van der Waals surface area contributed by atoms with Gasteiger partial charge in [-0.1, -0.05) is 35.5 Å². The number of methoxy groups -OCH3 is 2. The van der Waals surface area contributed by atoms with Gasteiger partial charge in [0.05, 0.1) is 20.0 Å². The Labute approximate surface area is 217 Å². The molecule has 0 aliphatic heterocycles. The minimum Gasteiger partial charge on any atom is -0.497 e. The van der Waals surface area contributed by atoms with Gasteiger partial charge in [-0.15, -0.1) is 5.10 Å². The van der Waals surface area contributed by atoms with E-state index in [2.05, 4.69) is 10.1 Å². The van der Waals surface area contributed by atoms with Gasteiger partial charge in [0.1, 0.15) is 11.5 Å². The molecule has 0 saturated carbocycles. The average Bonchev–Trinajstić information content (AvgIpc) is 3.35. The van der Waals surface area contributed by atoms with Crippen LogP contribution in [0.15, 0.2) is 84.0 Å². The highest BCUT2D eigenvalue weighted by atomic mass is 35.5. The number of halogens is 1. The van der Waals surface area contributed by atoms with E-state index in [4.69, 9.17) is 21.1 Å². The van der Waals surface area contributed by atoms with Crippen LogP contribution in [-0.2, 0) is 0 Å². The number of ketones is 1. The van der Waals surface area contributed by atoms with E-state index in [1.807, 2.05) is 36.4 Å². The van der Waals surface area contributed by atoms with Gasteiger partial charge < -0.3 is 9.47 Å². The summed E-state index contributed by atoms with van der Waals surface area (Å²) < 4.78 is 11.6. The highest BCUT2D eigenvalue weighted by Crippen LogP contribution is 2.25. The van der Waals surface area contributed by atoms with Crippen LogP contribution in [0.4, 0.5) is 0 Å². The van der Waals surface area contributed by atoms with Crippen molar-refractivity contribution in [2.24, 2.45) is 0 Å². The second-order valence-corrected chi connectivity index (χ2v) is 8.90. The second-order valence-electron chi connectivity index (χ2n) is 7.52. The highest BCUT2D eigenvalue weighted by Gasteiger charge is 2.18. The molecular weight excluding hydrogens is 498 g/mol. The maximum absolute atomic E-state index is 13.1. The van der Waals surface area contributed by atoms with Crippen molar-refractivity contribution in [3.05, 3.63) is 95.0 Å². The summed E-state index contributed by atoms with van der Waals surface area (Å²) in [6, 6.07) is 21.2. The van der Waals surface area contributed by atoms with Crippen LogP contribution in [0.25, 0.3) is 17.5 Å². The molecule has 0 radical (unpaired) electrons. The maximum atomic E-state index is 13.1. The fourth-order valence-corrected chi connectivity index (χ4v) is 4.16. The van der Waals surface area contributed by atoms with Crippen molar-refractivity contribution in [3.63, 3.8) is 0 Å². The van der Waals surface area contributed by atoms with Gasteiger partial charge in [0.15, 0.2) is 16.8 Å². The third-order valence-corrected chi connectivity index (χ3v) is 6.35. The smallest absolute Gasteiger partial charge is 0.273 e. The monoisotopic (exact) mass is 519 g/mol. The van der Waals surface area contributed by atoms with Crippen LogP contribution in [-0.4, -0.2) is 46.4 Å². The lowest BCUT2D eigenvalue weighted by Crippen LogP contribution is -2.12. The first-order valence-electron chi connectivity index (χ1n) is 10.9. The van der Waals surface area contributed by atoms with Crippen LogP contribution in [0.1, 0.15) is 20.7 Å². The minimum atomic E-state index is -0.389. The molecule has 7 nitrogen and oxygen atoms in total. The fraction of sp³-hybridized carbons (Fsp3) is 0.111. The number of carbonyl (C=O) groups is 2. The lowest BCUT2D eigenvalue weighted by atomic mass is 10.1. The van der Waals surface area contributed by atoms with Gasteiger partial charge in [-0.05, 0) is 72.3 Å². The summed E-state index contributed by atoms with van der Waals surface area (Å²) in [5, 5.41) is 5.30. The Morgan fingerprint density at radius 3 is 2.14 bits per heavy atom. The van der Waals surface area contributed by atoms with Gasteiger partial charge in [-0.25, -0.2) is 4.98 Å². The molecule has 0 spiro atoms. The summed E-state index contributed by atoms with van der Waals surface area (Å²) in [6.07, 6.45) is 3.10. The topological polar surface area (TPSA) is 83.3 Å². The summed E-state index contributed by atoms with van der Waals surface area (Å²) in [7, 11) is 3.18. The molecule has 0 atom stereocenters. The quantitative estimate of drug-likeness (QED) is 0.153. The molecule has 9 heteroatoms. The molecule has 36 heavy (non-hydrogen) atoms. The molecule has 1 heterocycles. The molecule has 1 aromatic heterocycles. The Balaban J connectivity index is 1.59. The Morgan fingerprint density at radius 1 is 0.917 bits per heavy atom. The zero-order chi connectivity index (χ0) is 25.5. The van der Waals surface area contributed by atoms with Crippen LogP contribution in [0.2, 0.25) is 5.02 Å². The minimum absolute atomic E-state index is 0.0812. The van der Waals surface area contributed by atoms with E-state index >= 15 is 0 Å². The van der Waals surface area contributed by atoms with Crippen molar-refractivity contribution in [3.8, 4) is 22.9 Å². The molecule has 0 bridgehead atoms. The summed E-state index contributed by atoms with van der Waals surface area (Å²) in [5.41, 5.74) is 2.07. The van der Waals surface area contributed by atoms with Gasteiger partial charge in [0.2, 0.25) is 0 Å². The number of hydrogen-bond donors (Lipinski definition) is 0. The number of nitrogens with zero attached hydrogens (tertiary/aromatic N) is 3. The van der Waals surface area contributed by atoms with Crippen LogP contribution < -0.4 is 9.47 Å². The number of hydrogen-bond acceptors (Lipinski definition) is 7. The van der Waals surface area contributed by atoms with Crippen molar-refractivity contribution < 1.29 is 19.1 Å². The Bertz CT molecular complexity index is 1380. The number of Topliss-reactive ketones (excluding diaryl/α,β-unsaturated/α-hetero) is 1. The second kappa shape index (κ2) is 11.7. The third-order valence-electron chi connectivity index (χ3n) is 5.17. The molecular formula is C27H22ClN3O4S. The number of aromatic nitrogens is 3. The van der Waals surface area contributed by atoms with Gasteiger partial charge in [-0.2, -0.15) is 4.68 Å². The van der Waals surface area contributed by atoms with E-state index in [0.29, 0.717) is 32.9 Å². The Morgan fingerprint density at radius 2 is 1.53 bits per heavy atom. The van der Waals surface area contributed by atoms with Crippen molar-refractivity contribution in [2.45, 2.75) is 5.16 Å². The maximum Gasteiger partial charge on any atom is 0.273 e. The highest BCUT2D eigenvalue weighted by molar-refractivity contribution is 7.99. The van der Waals surface area contributed by atoms with E-state index < -0.39 is 0 Å². The van der Waals surface area contributed by atoms with Crippen LogP contribution >= 0.6 is 23.4 Å². The third kappa shape index (κ3) is 6.21. The number of thioether (sulfide) groups is 1. The summed E-state index contributed by atoms with van der Waals surface area (Å²) in [4.78, 5) is 30.3. The van der Waals surface area contributed by atoms with Gasteiger partial charge in [0.25, 0.3) is 5.91 Å². The first kappa shape index (κ1) is 25.2. The molecule has 0 aliphatic carbocycles. The SMILES string of the molecule is COc1ccc(C=CC(=O)n2nc(-c3ccc(OC)cc3)nc2SCC(=O)c2ccc(Cl)cc2)cc1. The molecule has 4 rings (SSSR count). The van der Waals surface area contributed by atoms with Crippen molar-refractivity contribution >= 4 is 41.1 Å². The summed E-state index contributed by atoms with van der Waals surface area (Å²) >= 11 is 7.06. The van der Waals surface area contributed by atoms with Crippen LogP contribution in [0.5, 0.6) is 11.5 Å². The number of rotatable bonds is 9. The first-order chi connectivity index (χ1) is 17.5. The number of allylic oxidation sites excluding steroid dienone is 1. The molecule has 0 unspecified atom stereocenters. The number of benzene rings is 3. The van der Waals surface area contributed by atoms with E-state index in [1.54, 1.807) is 56.7 Å². The largest absolute Gasteiger partial charge is 0.497 e. The average molecular weight is 520 g/mol. The number of ether oxygens (including phenoxy) is 2. The lowest BCUT2D eigenvalue weighted by Gasteiger charge is -2.03. The van der Waals surface area contributed by atoms with Gasteiger partial charge in [-0.3, -0.25) is 9.59 Å². The van der Waals surface area contributed by atoms with E-state index in [0.717, 1.165) is 23.1 Å².